The molecule has 1 amide bonds. The Hall–Kier alpha value is -1.40. The van der Waals surface area contributed by atoms with E-state index in [1.54, 1.807) is 24.3 Å². The van der Waals surface area contributed by atoms with Crippen LogP contribution in [0.4, 0.5) is 0 Å². The normalized spacial score (nSPS) is 18.3. The van der Waals surface area contributed by atoms with Gasteiger partial charge in [0.15, 0.2) is 0 Å². The van der Waals surface area contributed by atoms with E-state index in [-0.39, 0.29) is 13.2 Å². The molecule has 1 heterocycles. The van der Waals surface area contributed by atoms with Crippen molar-refractivity contribution in [3.8, 4) is 0 Å². The van der Waals surface area contributed by atoms with E-state index in [2.05, 4.69) is 0 Å². The van der Waals surface area contributed by atoms with Crippen molar-refractivity contribution in [2.45, 2.75) is 45.9 Å². The number of sulfonamides is 1. The van der Waals surface area contributed by atoms with Crippen LogP contribution in [0.2, 0.25) is 0 Å². The fourth-order valence-electron chi connectivity index (χ4n) is 2.23. The third-order valence-electron chi connectivity index (χ3n) is 3.08. The van der Waals surface area contributed by atoms with Crippen molar-refractivity contribution in [3.05, 3.63) is 35.9 Å². The summed E-state index contributed by atoms with van der Waals surface area (Å²) >= 11 is 0. The first kappa shape index (κ1) is 19.6. The van der Waals surface area contributed by atoms with Gasteiger partial charge in [0.1, 0.15) is 6.04 Å². The third-order valence-corrected chi connectivity index (χ3v) is 4.93. The zero-order valence-corrected chi connectivity index (χ0v) is 12.8. The lowest BCUT2D eigenvalue weighted by Crippen LogP contribution is -2.44. The van der Waals surface area contributed by atoms with Gasteiger partial charge in [-0.15, -0.1) is 0 Å². The van der Waals surface area contributed by atoms with Gasteiger partial charge in [-0.1, -0.05) is 51.6 Å². The Balaban J connectivity index is 0.00000128. The van der Waals surface area contributed by atoms with E-state index in [1.165, 1.54) is 4.31 Å². The molecule has 1 aliphatic rings. The number of hydrogen-bond acceptors (Lipinski definition) is 3. The lowest BCUT2D eigenvalue weighted by molar-refractivity contribution is -0.121. The van der Waals surface area contributed by atoms with Gasteiger partial charge in [0, 0.05) is 6.54 Å². The van der Waals surface area contributed by atoms with Crippen LogP contribution in [0.1, 0.15) is 39.7 Å². The molecule has 2 N–H and O–H groups in total. The maximum Gasteiger partial charge on any atom is 0.235 e. The van der Waals surface area contributed by atoms with Crippen LogP contribution in [-0.2, 0) is 20.6 Å². The Morgan fingerprint density at radius 1 is 1.29 bits per heavy atom. The monoisotopic (exact) mass is 314 g/mol. The Labute approximate surface area is 128 Å². The first-order valence-corrected chi connectivity index (χ1v) is 8.44. The molecule has 1 unspecified atom stereocenters. The molecule has 0 bridgehead atoms. The highest BCUT2D eigenvalue weighted by atomic mass is 32.2. The highest BCUT2D eigenvalue weighted by molar-refractivity contribution is 7.88. The zero-order valence-electron chi connectivity index (χ0n) is 12.0. The number of primary amides is 1. The number of carbonyl (C=O) groups excluding carboxylic acids is 1. The van der Waals surface area contributed by atoms with Crippen LogP contribution in [-0.4, -0.2) is 31.2 Å². The molecule has 0 radical (unpaired) electrons. The molecule has 21 heavy (non-hydrogen) atoms. The molecule has 5 nitrogen and oxygen atoms in total. The standard InChI is InChI=1S/C12H16N2O3S.C2H6.CH4/c13-12(15)11-7-4-8-14(11)18(16,17)9-10-5-2-1-3-6-10;1-2;/h1-3,5-6,11H,4,7-9H2,(H2,13,15);1-2H3;1H4. The van der Waals surface area contributed by atoms with Gasteiger partial charge in [-0.3, -0.25) is 4.79 Å². The van der Waals surface area contributed by atoms with Crippen molar-refractivity contribution in [1.29, 1.82) is 0 Å². The first-order chi connectivity index (χ1) is 9.50. The smallest absolute Gasteiger partial charge is 0.235 e. The molecule has 0 spiro atoms. The van der Waals surface area contributed by atoms with Crippen molar-refractivity contribution in [3.63, 3.8) is 0 Å². The number of rotatable bonds is 4. The van der Waals surface area contributed by atoms with Gasteiger partial charge in [-0.2, -0.15) is 4.31 Å². The van der Waals surface area contributed by atoms with Gasteiger partial charge in [0.05, 0.1) is 5.75 Å². The second kappa shape index (κ2) is 8.79. The number of benzene rings is 1. The van der Waals surface area contributed by atoms with Gasteiger partial charge in [0.2, 0.25) is 15.9 Å². The molecular weight excluding hydrogens is 288 g/mol. The summed E-state index contributed by atoms with van der Waals surface area (Å²) < 4.78 is 25.7. The molecule has 1 saturated heterocycles. The fourth-order valence-corrected chi connectivity index (χ4v) is 4.01. The highest BCUT2D eigenvalue weighted by Crippen LogP contribution is 2.23. The van der Waals surface area contributed by atoms with Crippen molar-refractivity contribution < 1.29 is 13.2 Å². The third kappa shape index (κ3) is 5.13. The van der Waals surface area contributed by atoms with Gasteiger partial charge < -0.3 is 5.73 Å². The summed E-state index contributed by atoms with van der Waals surface area (Å²) in [5.74, 6) is -0.651. The molecule has 2 rings (SSSR count). The predicted molar refractivity (Wildman–Crippen MR) is 86.1 cm³/mol. The molecule has 1 fully saturated rings. The number of nitrogens with two attached hydrogens (primary N) is 1. The quantitative estimate of drug-likeness (QED) is 0.924. The van der Waals surface area contributed by atoms with E-state index in [1.807, 2.05) is 19.9 Å². The van der Waals surface area contributed by atoms with Crippen LogP contribution in [0.5, 0.6) is 0 Å². The summed E-state index contributed by atoms with van der Waals surface area (Å²) in [5.41, 5.74) is 5.95. The van der Waals surface area contributed by atoms with E-state index in [4.69, 9.17) is 5.73 Å². The van der Waals surface area contributed by atoms with E-state index >= 15 is 0 Å². The van der Waals surface area contributed by atoms with Gasteiger partial charge in [-0.25, -0.2) is 8.42 Å². The van der Waals surface area contributed by atoms with E-state index < -0.39 is 22.0 Å². The zero-order chi connectivity index (χ0) is 15.2. The Morgan fingerprint density at radius 2 is 1.86 bits per heavy atom. The highest BCUT2D eigenvalue weighted by Gasteiger charge is 2.37. The lowest BCUT2D eigenvalue weighted by atomic mass is 10.2. The van der Waals surface area contributed by atoms with Crippen molar-refractivity contribution >= 4 is 15.9 Å². The molecule has 1 aliphatic heterocycles. The topological polar surface area (TPSA) is 80.5 Å². The van der Waals surface area contributed by atoms with Crippen molar-refractivity contribution in [1.82, 2.24) is 4.31 Å². The summed E-state index contributed by atoms with van der Waals surface area (Å²) in [5, 5.41) is 0. The number of amides is 1. The summed E-state index contributed by atoms with van der Waals surface area (Å²) in [6.07, 6.45) is 1.20. The molecule has 0 aliphatic carbocycles. The molecule has 0 aromatic heterocycles. The lowest BCUT2D eigenvalue weighted by Gasteiger charge is -2.21. The van der Waals surface area contributed by atoms with Crippen LogP contribution < -0.4 is 5.73 Å². The minimum atomic E-state index is -3.47. The number of hydrogen-bond donors (Lipinski definition) is 1. The largest absolute Gasteiger partial charge is 0.368 e. The predicted octanol–water partition coefficient (Wildman–Crippen LogP) is 2.13. The van der Waals surface area contributed by atoms with E-state index in [9.17, 15) is 13.2 Å². The molecular formula is C15H26N2O3S. The minimum absolute atomic E-state index is 0. The van der Waals surface area contributed by atoms with Crippen molar-refractivity contribution in [2.75, 3.05) is 6.54 Å². The van der Waals surface area contributed by atoms with Gasteiger partial charge >= 0.3 is 0 Å². The molecule has 1 aromatic rings. The number of carbonyl (C=O) groups is 1. The van der Waals surface area contributed by atoms with Gasteiger partial charge in [-0.05, 0) is 18.4 Å². The molecule has 120 valence electrons. The molecule has 1 aromatic carbocycles. The SMILES string of the molecule is C.CC.NC(=O)C1CCCN1S(=O)(=O)Cc1ccccc1. The Bertz CT molecular complexity index is 529. The van der Waals surface area contributed by atoms with Crippen LogP contribution in [0.3, 0.4) is 0 Å². The van der Waals surface area contributed by atoms with Gasteiger partial charge in [0.25, 0.3) is 0 Å². The minimum Gasteiger partial charge on any atom is -0.368 e. The van der Waals surface area contributed by atoms with Crippen LogP contribution >= 0.6 is 0 Å². The average molecular weight is 314 g/mol. The van der Waals surface area contributed by atoms with Crippen LogP contribution in [0.25, 0.3) is 0 Å². The van der Waals surface area contributed by atoms with Crippen LogP contribution in [0.15, 0.2) is 30.3 Å². The first-order valence-electron chi connectivity index (χ1n) is 6.83. The molecule has 0 saturated carbocycles. The maximum atomic E-state index is 12.2. The Morgan fingerprint density at radius 3 is 2.38 bits per heavy atom. The second-order valence-corrected chi connectivity index (χ2v) is 6.33. The Kier molecular flexibility index (Phi) is 8.21. The average Bonchev–Trinajstić information content (AvgIpc) is 2.92. The molecule has 1 atom stereocenters. The van der Waals surface area contributed by atoms with E-state index in [0.717, 1.165) is 0 Å². The summed E-state index contributed by atoms with van der Waals surface area (Å²) in [6.45, 7) is 4.38. The van der Waals surface area contributed by atoms with Crippen molar-refractivity contribution in [2.24, 2.45) is 5.73 Å². The second-order valence-electron chi connectivity index (χ2n) is 4.41. The van der Waals surface area contributed by atoms with Crippen LogP contribution in [0, 0.1) is 0 Å². The molecule has 6 heteroatoms. The summed E-state index contributed by atoms with van der Waals surface area (Å²) in [6, 6.07) is 8.25. The fraction of sp³-hybridized carbons (Fsp3) is 0.533. The van der Waals surface area contributed by atoms with E-state index in [0.29, 0.717) is 24.9 Å². The number of nitrogens with zero attached hydrogens (tertiary/aromatic N) is 1. The summed E-state index contributed by atoms with van der Waals surface area (Å²) in [4.78, 5) is 11.2. The summed E-state index contributed by atoms with van der Waals surface area (Å²) in [7, 11) is -3.47. The maximum absolute atomic E-state index is 12.2.